The standard InChI is InChI=1S/C6HF13O3/c7-1(8,9)3(12,13)21-5(16,17)6(18,19)22-4(14,15)2(10,11)20/h20H. The molecule has 16 heteroatoms. The lowest BCUT2D eigenvalue weighted by Gasteiger charge is -2.32. The Morgan fingerprint density at radius 1 is 0.455 bits per heavy atom. The third-order valence-corrected chi connectivity index (χ3v) is 1.53. The second-order valence-electron chi connectivity index (χ2n) is 3.31. The maximum Gasteiger partial charge on any atom is 0.483 e. The van der Waals surface area contributed by atoms with Crippen molar-refractivity contribution < 1.29 is 71.7 Å². The van der Waals surface area contributed by atoms with Crippen molar-refractivity contribution >= 4 is 0 Å². The van der Waals surface area contributed by atoms with Crippen LogP contribution in [0.15, 0.2) is 0 Å². The van der Waals surface area contributed by atoms with Crippen LogP contribution in [0.2, 0.25) is 0 Å². The first-order valence-corrected chi connectivity index (χ1v) is 4.25. The second-order valence-corrected chi connectivity index (χ2v) is 3.31. The summed E-state index contributed by atoms with van der Waals surface area (Å²) in [5.74, 6) is 0. The lowest BCUT2D eigenvalue weighted by Crippen LogP contribution is -2.57. The monoisotopic (exact) mass is 368 g/mol. The molecule has 0 aliphatic carbocycles. The van der Waals surface area contributed by atoms with E-state index in [0.29, 0.717) is 0 Å². The van der Waals surface area contributed by atoms with E-state index in [2.05, 4.69) is 0 Å². The summed E-state index contributed by atoms with van der Waals surface area (Å²) in [7, 11) is 0. The molecule has 0 aliphatic rings. The van der Waals surface area contributed by atoms with Crippen LogP contribution in [0.25, 0.3) is 0 Å². The van der Waals surface area contributed by atoms with Crippen LogP contribution in [0.4, 0.5) is 57.1 Å². The Morgan fingerprint density at radius 2 is 0.727 bits per heavy atom. The number of ether oxygens (including phenoxy) is 2. The van der Waals surface area contributed by atoms with Gasteiger partial charge in [0.1, 0.15) is 0 Å². The Bertz CT molecular complexity index is 356. The minimum Gasteiger partial charge on any atom is -0.329 e. The number of halogens is 13. The van der Waals surface area contributed by atoms with Crippen LogP contribution in [0.5, 0.6) is 0 Å². The van der Waals surface area contributed by atoms with E-state index >= 15 is 0 Å². The van der Waals surface area contributed by atoms with Crippen LogP contribution < -0.4 is 0 Å². The molecule has 134 valence electrons. The summed E-state index contributed by atoms with van der Waals surface area (Å²) in [6.07, 6.45) is -41.5. The average molecular weight is 368 g/mol. The maximum atomic E-state index is 12.4. The topological polar surface area (TPSA) is 38.7 Å². The summed E-state index contributed by atoms with van der Waals surface area (Å²) in [5.41, 5.74) is 0. The number of alkyl halides is 13. The first-order chi connectivity index (χ1) is 9.16. The molecule has 0 radical (unpaired) electrons. The molecule has 0 rings (SSSR count). The van der Waals surface area contributed by atoms with Gasteiger partial charge in [-0.1, -0.05) is 0 Å². The van der Waals surface area contributed by atoms with E-state index in [4.69, 9.17) is 5.11 Å². The normalized spacial score (nSPS) is 16.1. The van der Waals surface area contributed by atoms with Crippen LogP contribution in [0, 0.1) is 0 Å². The Kier molecular flexibility index (Phi) is 5.01. The van der Waals surface area contributed by atoms with Crippen LogP contribution >= 0.6 is 0 Å². The lowest BCUT2D eigenvalue weighted by atomic mass is 10.5. The summed E-state index contributed by atoms with van der Waals surface area (Å²) in [4.78, 5) is 0. The molecule has 0 heterocycles. The number of aliphatic hydroxyl groups is 1. The predicted octanol–water partition coefficient (Wildman–Crippen LogP) is 3.54. The summed E-state index contributed by atoms with van der Waals surface area (Å²) in [6.45, 7) is 0. The van der Waals surface area contributed by atoms with E-state index in [-0.39, 0.29) is 0 Å². The van der Waals surface area contributed by atoms with E-state index in [1.165, 1.54) is 9.47 Å². The number of rotatable bonds is 6. The molecule has 0 saturated carbocycles. The first kappa shape index (κ1) is 21.0. The SMILES string of the molecule is OC(F)(F)C(F)(F)OC(F)(F)C(F)(F)OC(F)(F)C(F)(F)F. The Balaban J connectivity index is 5.44. The van der Waals surface area contributed by atoms with E-state index in [1.54, 1.807) is 0 Å². The van der Waals surface area contributed by atoms with Gasteiger partial charge in [-0.3, -0.25) is 0 Å². The molecular formula is C6HF13O3. The smallest absolute Gasteiger partial charge is 0.329 e. The molecule has 0 aliphatic heterocycles. The third-order valence-electron chi connectivity index (χ3n) is 1.53. The van der Waals surface area contributed by atoms with Crippen LogP contribution in [-0.2, 0) is 9.47 Å². The maximum absolute atomic E-state index is 12.4. The second kappa shape index (κ2) is 5.26. The minimum atomic E-state index is -7.14. The van der Waals surface area contributed by atoms with Gasteiger partial charge in [0.05, 0.1) is 0 Å². The van der Waals surface area contributed by atoms with E-state index in [1.807, 2.05) is 0 Å². The van der Waals surface area contributed by atoms with E-state index in [0.717, 1.165) is 0 Å². The molecule has 3 nitrogen and oxygen atoms in total. The van der Waals surface area contributed by atoms with Gasteiger partial charge in [-0.05, 0) is 0 Å². The highest BCUT2D eigenvalue weighted by molar-refractivity contribution is 4.76. The molecule has 0 saturated heterocycles. The molecule has 0 fully saturated rings. The number of hydrogen-bond donors (Lipinski definition) is 1. The van der Waals surface area contributed by atoms with Gasteiger partial charge < -0.3 is 5.11 Å². The van der Waals surface area contributed by atoms with Gasteiger partial charge in [-0.25, -0.2) is 9.47 Å². The molecule has 0 unspecified atom stereocenters. The molecule has 0 amide bonds. The zero-order chi connectivity index (χ0) is 18.4. The minimum absolute atomic E-state index is 1.39. The molecule has 0 aromatic carbocycles. The van der Waals surface area contributed by atoms with Crippen molar-refractivity contribution in [1.82, 2.24) is 0 Å². The summed E-state index contributed by atoms with van der Waals surface area (Å²) in [5, 5.41) is 7.38. The fraction of sp³-hybridized carbons (Fsp3) is 1.00. The fourth-order valence-electron chi connectivity index (χ4n) is 0.560. The molecule has 0 aromatic heterocycles. The van der Waals surface area contributed by atoms with Crippen LogP contribution in [0.1, 0.15) is 0 Å². The van der Waals surface area contributed by atoms with E-state index in [9.17, 15) is 57.1 Å². The Hall–Kier alpha value is -1.03. The van der Waals surface area contributed by atoms with Crippen molar-refractivity contribution in [1.29, 1.82) is 0 Å². The largest absolute Gasteiger partial charge is 0.483 e. The fourth-order valence-corrected chi connectivity index (χ4v) is 0.560. The van der Waals surface area contributed by atoms with Gasteiger partial charge >= 0.3 is 36.7 Å². The van der Waals surface area contributed by atoms with Gasteiger partial charge in [0.25, 0.3) is 0 Å². The van der Waals surface area contributed by atoms with Gasteiger partial charge in [0.2, 0.25) is 0 Å². The highest BCUT2D eigenvalue weighted by Crippen LogP contribution is 2.48. The van der Waals surface area contributed by atoms with Gasteiger partial charge in [0, 0.05) is 0 Å². The van der Waals surface area contributed by atoms with Crippen molar-refractivity contribution in [3.8, 4) is 0 Å². The van der Waals surface area contributed by atoms with Crippen molar-refractivity contribution in [2.24, 2.45) is 0 Å². The van der Waals surface area contributed by atoms with Crippen LogP contribution in [-0.4, -0.2) is 41.8 Å². The molecule has 0 bridgehead atoms. The van der Waals surface area contributed by atoms with Crippen LogP contribution in [0.3, 0.4) is 0 Å². The zero-order valence-corrected chi connectivity index (χ0v) is 9.18. The van der Waals surface area contributed by atoms with Gasteiger partial charge in [-0.15, -0.1) is 0 Å². The molecule has 0 atom stereocenters. The molecule has 0 spiro atoms. The molecule has 22 heavy (non-hydrogen) atoms. The van der Waals surface area contributed by atoms with Crippen molar-refractivity contribution in [3.05, 3.63) is 0 Å². The lowest BCUT2D eigenvalue weighted by molar-refractivity contribution is -0.556. The molecule has 1 N–H and O–H groups in total. The quantitative estimate of drug-likeness (QED) is 0.730. The van der Waals surface area contributed by atoms with Gasteiger partial charge in [0.15, 0.2) is 0 Å². The van der Waals surface area contributed by atoms with Crippen molar-refractivity contribution in [3.63, 3.8) is 0 Å². The summed E-state index contributed by atoms with van der Waals surface area (Å²) >= 11 is 0. The highest BCUT2D eigenvalue weighted by Gasteiger charge is 2.75. The van der Waals surface area contributed by atoms with Crippen molar-refractivity contribution in [2.45, 2.75) is 36.7 Å². The Labute approximate surface area is 110 Å². The average Bonchev–Trinajstić information content (AvgIpc) is 2.09. The highest BCUT2D eigenvalue weighted by atomic mass is 19.4. The van der Waals surface area contributed by atoms with E-state index < -0.39 is 36.7 Å². The first-order valence-electron chi connectivity index (χ1n) is 4.25. The molecular weight excluding hydrogens is 367 g/mol. The zero-order valence-electron chi connectivity index (χ0n) is 9.18. The summed E-state index contributed by atoms with van der Waals surface area (Å²) < 4.78 is 159. The Morgan fingerprint density at radius 3 is 0.955 bits per heavy atom. The predicted molar refractivity (Wildman–Crippen MR) is 35.2 cm³/mol. The summed E-state index contributed by atoms with van der Waals surface area (Å²) in [6, 6.07) is 0. The molecule has 0 aromatic rings. The van der Waals surface area contributed by atoms with Crippen molar-refractivity contribution in [2.75, 3.05) is 0 Å². The van der Waals surface area contributed by atoms with Gasteiger partial charge in [-0.2, -0.15) is 57.1 Å². The third kappa shape index (κ3) is 4.25. The number of hydrogen-bond acceptors (Lipinski definition) is 3.